The molecule has 4 rings (SSSR count). The molecule has 0 unspecified atom stereocenters. The van der Waals surface area contributed by atoms with E-state index in [9.17, 15) is 13.2 Å². The predicted molar refractivity (Wildman–Crippen MR) is 106 cm³/mol. The summed E-state index contributed by atoms with van der Waals surface area (Å²) in [6.45, 7) is 6.24. The van der Waals surface area contributed by atoms with Crippen LogP contribution in [-0.4, -0.2) is 77.7 Å². The molecule has 3 heterocycles. The van der Waals surface area contributed by atoms with Gasteiger partial charge in [-0.2, -0.15) is 17.0 Å². The van der Waals surface area contributed by atoms with Crippen molar-refractivity contribution in [2.75, 3.05) is 40.3 Å². The minimum atomic E-state index is -3.58. The molecule has 1 spiro atoms. The monoisotopic (exact) mass is 409 g/mol. The van der Waals surface area contributed by atoms with Crippen molar-refractivity contribution < 1.29 is 13.2 Å². The van der Waals surface area contributed by atoms with Crippen molar-refractivity contribution in [1.29, 1.82) is 0 Å². The highest BCUT2D eigenvalue weighted by molar-refractivity contribution is 7.86. The number of carbonyl (C=O) groups is 1. The normalized spacial score (nSPS) is 29.1. The van der Waals surface area contributed by atoms with Gasteiger partial charge in [0.25, 0.3) is 10.2 Å². The van der Waals surface area contributed by atoms with Crippen LogP contribution >= 0.6 is 0 Å². The first kappa shape index (κ1) is 19.8. The van der Waals surface area contributed by atoms with E-state index in [2.05, 4.69) is 18.8 Å². The molecule has 0 bridgehead atoms. The van der Waals surface area contributed by atoms with Gasteiger partial charge in [0, 0.05) is 58.4 Å². The Morgan fingerprint density at radius 3 is 2.61 bits per heavy atom. The maximum absolute atomic E-state index is 13.5. The maximum atomic E-state index is 13.5. The second-order valence-corrected chi connectivity index (χ2v) is 11.2. The Bertz CT molecular complexity index is 861. The zero-order valence-corrected chi connectivity index (χ0v) is 18.0. The van der Waals surface area contributed by atoms with E-state index in [-0.39, 0.29) is 24.4 Å². The minimum Gasteiger partial charge on any atom is -0.342 e. The Labute approximate surface area is 167 Å². The number of rotatable bonds is 6. The minimum absolute atomic E-state index is 0.111. The number of hydrogen-bond acceptors (Lipinski definition) is 4. The molecule has 1 aromatic heterocycles. The lowest BCUT2D eigenvalue weighted by atomic mass is 9.75. The van der Waals surface area contributed by atoms with Crippen LogP contribution in [0.5, 0.6) is 0 Å². The van der Waals surface area contributed by atoms with E-state index in [0.29, 0.717) is 25.4 Å². The molecule has 28 heavy (non-hydrogen) atoms. The molecule has 1 saturated carbocycles. The number of likely N-dealkylation sites (tertiary alicyclic amines) is 1. The summed E-state index contributed by atoms with van der Waals surface area (Å²) in [5.74, 6) is 0.527. The highest BCUT2D eigenvalue weighted by Gasteiger charge is 2.60. The van der Waals surface area contributed by atoms with Crippen molar-refractivity contribution in [2.45, 2.75) is 45.1 Å². The number of amides is 1. The Kier molecular flexibility index (Phi) is 4.83. The van der Waals surface area contributed by atoms with Gasteiger partial charge < -0.3 is 9.47 Å². The van der Waals surface area contributed by atoms with Crippen LogP contribution in [0.4, 0.5) is 0 Å². The second-order valence-electron chi connectivity index (χ2n) is 9.08. The first-order valence-corrected chi connectivity index (χ1v) is 11.5. The lowest BCUT2D eigenvalue weighted by Gasteiger charge is -2.28. The fraction of sp³-hybridized carbons (Fsp3) is 0.789. The van der Waals surface area contributed by atoms with E-state index in [1.165, 1.54) is 21.5 Å². The molecule has 2 aliphatic heterocycles. The van der Waals surface area contributed by atoms with Crippen LogP contribution in [0.25, 0.3) is 0 Å². The molecule has 1 aliphatic carbocycles. The van der Waals surface area contributed by atoms with Gasteiger partial charge >= 0.3 is 0 Å². The van der Waals surface area contributed by atoms with Gasteiger partial charge in [0.1, 0.15) is 0 Å². The molecule has 2 saturated heterocycles. The Morgan fingerprint density at radius 1 is 1.32 bits per heavy atom. The maximum Gasteiger partial charge on any atom is 0.281 e. The summed E-state index contributed by atoms with van der Waals surface area (Å²) in [6.07, 6.45) is 6.86. The Morgan fingerprint density at radius 2 is 2.04 bits per heavy atom. The number of imidazole rings is 1. The smallest absolute Gasteiger partial charge is 0.281 e. The Hall–Kier alpha value is -1.45. The van der Waals surface area contributed by atoms with Crippen LogP contribution < -0.4 is 0 Å². The van der Waals surface area contributed by atoms with Crippen LogP contribution in [0, 0.1) is 11.3 Å². The molecule has 3 aliphatic rings. The Balaban J connectivity index is 1.69. The van der Waals surface area contributed by atoms with Crippen molar-refractivity contribution >= 4 is 16.1 Å². The summed E-state index contributed by atoms with van der Waals surface area (Å²) in [5.41, 5.74) is 0.125. The summed E-state index contributed by atoms with van der Waals surface area (Å²) in [7, 11) is -0.500. The van der Waals surface area contributed by atoms with Gasteiger partial charge in [-0.05, 0) is 39.0 Å². The van der Waals surface area contributed by atoms with Crippen LogP contribution in [0.3, 0.4) is 0 Å². The van der Waals surface area contributed by atoms with Gasteiger partial charge in [-0.25, -0.2) is 4.98 Å². The molecular formula is C19H31N5O3S. The van der Waals surface area contributed by atoms with Gasteiger partial charge in [-0.1, -0.05) is 0 Å². The van der Waals surface area contributed by atoms with Crippen LogP contribution in [-0.2, 0) is 15.0 Å². The molecule has 156 valence electrons. The first-order chi connectivity index (χ1) is 13.1. The third kappa shape index (κ3) is 3.17. The fourth-order valence-electron chi connectivity index (χ4n) is 4.58. The zero-order valence-electron chi connectivity index (χ0n) is 17.2. The lowest BCUT2D eigenvalue weighted by molar-refractivity contribution is -0.136. The first-order valence-electron chi connectivity index (χ1n) is 10.2. The number of hydrogen-bond donors (Lipinski definition) is 0. The molecule has 1 aromatic rings. The molecule has 0 N–H and O–H groups in total. The molecule has 3 fully saturated rings. The van der Waals surface area contributed by atoms with Gasteiger partial charge in [0.05, 0.1) is 17.4 Å². The second kappa shape index (κ2) is 6.81. The number of aromatic nitrogens is 2. The van der Waals surface area contributed by atoms with Gasteiger partial charge in [-0.3, -0.25) is 4.79 Å². The van der Waals surface area contributed by atoms with Crippen molar-refractivity contribution in [3.63, 3.8) is 0 Å². The van der Waals surface area contributed by atoms with Crippen LogP contribution in [0.15, 0.2) is 12.5 Å². The molecule has 0 radical (unpaired) electrons. The number of carbonyl (C=O) groups excluding carboxylic acids is 1. The standard InChI is InChI=1S/C19H31N5O3S/c1-14(2)23-11-17(20-13-23)16-10-24(28(26,27)21(3)4)12-19(16)7-8-22(18(19)25)9-15-5-6-15/h11,13-16H,5-10,12H2,1-4H3/t16-,19-/m0/s1. The molecular weight excluding hydrogens is 378 g/mol. The van der Waals surface area contributed by atoms with Gasteiger partial charge in [-0.15, -0.1) is 0 Å². The van der Waals surface area contributed by atoms with E-state index in [0.717, 1.165) is 12.2 Å². The fourth-order valence-corrected chi connectivity index (χ4v) is 5.77. The van der Waals surface area contributed by atoms with Crippen molar-refractivity contribution in [1.82, 2.24) is 23.1 Å². The van der Waals surface area contributed by atoms with Crippen LogP contribution in [0.1, 0.15) is 50.8 Å². The summed E-state index contributed by atoms with van der Waals surface area (Å²) >= 11 is 0. The predicted octanol–water partition coefficient (Wildman–Crippen LogP) is 1.30. The van der Waals surface area contributed by atoms with Crippen LogP contribution in [0.2, 0.25) is 0 Å². The van der Waals surface area contributed by atoms with E-state index in [1.54, 1.807) is 20.4 Å². The summed E-state index contributed by atoms with van der Waals surface area (Å²) < 4.78 is 30.4. The lowest BCUT2D eigenvalue weighted by Crippen LogP contribution is -2.43. The van der Waals surface area contributed by atoms with E-state index >= 15 is 0 Å². The highest BCUT2D eigenvalue weighted by Crippen LogP contribution is 2.51. The SMILES string of the molecule is CC(C)n1cnc([C@@H]2CN(S(=O)(=O)N(C)C)C[C@@]23CCN(CC2CC2)C3=O)c1. The molecule has 8 nitrogen and oxygen atoms in total. The average molecular weight is 410 g/mol. The van der Waals surface area contributed by atoms with Crippen molar-refractivity contribution in [3.8, 4) is 0 Å². The van der Waals surface area contributed by atoms with E-state index < -0.39 is 15.6 Å². The third-order valence-electron chi connectivity index (χ3n) is 6.59. The zero-order chi connectivity index (χ0) is 20.3. The van der Waals surface area contributed by atoms with Crippen molar-refractivity contribution in [2.24, 2.45) is 11.3 Å². The molecule has 0 aromatic carbocycles. The van der Waals surface area contributed by atoms with Gasteiger partial charge in [0.2, 0.25) is 5.91 Å². The summed E-state index contributed by atoms with van der Waals surface area (Å²) in [5, 5.41) is 0. The largest absolute Gasteiger partial charge is 0.342 e. The van der Waals surface area contributed by atoms with E-state index in [4.69, 9.17) is 0 Å². The molecule has 9 heteroatoms. The van der Waals surface area contributed by atoms with Gasteiger partial charge in [0.15, 0.2) is 0 Å². The quantitative estimate of drug-likeness (QED) is 0.709. The summed E-state index contributed by atoms with van der Waals surface area (Å²) in [6, 6.07) is 0.269. The third-order valence-corrected chi connectivity index (χ3v) is 8.44. The molecule has 1 amide bonds. The number of nitrogens with zero attached hydrogens (tertiary/aromatic N) is 5. The highest BCUT2D eigenvalue weighted by atomic mass is 32.2. The molecule has 2 atom stereocenters. The van der Waals surface area contributed by atoms with Crippen molar-refractivity contribution in [3.05, 3.63) is 18.2 Å². The topological polar surface area (TPSA) is 78.8 Å². The summed E-state index contributed by atoms with van der Waals surface area (Å²) in [4.78, 5) is 20.1. The van der Waals surface area contributed by atoms with E-state index in [1.807, 2.05) is 15.7 Å². The average Bonchev–Trinajstić information content (AvgIpc) is 3.05.